The van der Waals surface area contributed by atoms with E-state index in [1.807, 2.05) is 18.2 Å². The first kappa shape index (κ1) is 11.7. The summed E-state index contributed by atoms with van der Waals surface area (Å²) >= 11 is 12.0. The summed E-state index contributed by atoms with van der Waals surface area (Å²) in [7, 11) is 0. The van der Waals surface area contributed by atoms with Crippen LogP contribution in [0, 0.1) is 5.41 Å². The summed E-state index contributed by atoms with van der Waals surface area (Å²) in [6.07, 6.45) is 0. The van der Waals surface area contributed by atoms with Crippen LogP contribution in [0.4, 0.5) is 5.69 Å². The topological polar surface area (TPSA) is 12.0 Å². The minimum absolute atomic E-state index is 0.211. The zero-order chi connectivity index (χ0) is 10.8. The van der Waals surface area contributed by atoms with E-state index in [9.17, 15) is 0 Å². The first-order valence-electron chi connectivity index (χ1n) is 4.58. The molecule has 0 unspecified atom stereocenters. The van der Waals surface area contributed by atoms with Crippen LogP contribution in [0.5, 0.6) is 0 Å². The van der Waals surface area contributed by atoms with Crippen molar-refractivity contribution in [2.45, 2.75) is 20.8 Å². The molecule has 1 nitrogen and oxygen atoms in total. The molecule has 0 atom stereocenters. The molecule has 0 amide bonds. The Morgan fingerprint density at radius 3 is 2.07 bits per heavy atom. The molecule has 0 aromatic heterocycles. The lowest BCUT2D eigenvalue weighted by atomic mass is 9.97. The highest BCUT2D eigenvalue weighted by Gasteiger charge is 2.12. The molecule has 0 fully saturated rings. The van der Waals surface area contributed by atoms with Gasteiger partial charge in [0.15, 0.2) is 0 Å². The van der Waals surface area contributed by atoms with E-state index in [0.717, 1.165) is 12.2 Å². The number of benzene rings is 1. The molecule has 1 rings (SSSR count). The Morgan fingerprint density at radius 1 is 1.14 bits per heavy atom. The molecule has 0 saturated heterocycles. The SMILES string of the molecule is CC(C)(C)CNc1c(Cl)cccc1Cl. The van der Waals surface area contributed by atoms with Gasteiger partial charge in [0.2, 0.25) is 0 Å². The van der Waals surface area contributed by atoms with Crippen LogP contribution in [-0.4, -0.2) is 6.54 Å². The maximum atomic E-state index is 6.01. The highest BCUT2D eigenvalue weighted by molar-refractivity contribution is 6.39. The monoisotopic (exact) mass is 231 g/mol. The van der Waals surface area contributed by atoms with Crippen LogP contribution >= 0.6 is 23.2 Å². The van der Waals surface area contributed by atoms with Crippen LogP contribution in [0.15, 0.2) is 18.2 Å². The van der Waals surface area contributed by atoms with E-state index in [1.165, 1.54) is 0 Å². The van der Waals surface area contributed by atoms with Crippen molar-refractivity contribution in [3.8, 4) is 0 Å². The minimum Gasteiger partial charge on any atom is -0.382 e. The van der Waals surface area contributed by atoms with Gasteiger partial charge in [-0.15, -0.1) is 0 Å². The summed E-state index contributed by atoms with van der Waals surface area (Å²) in [6, 6.07) is 5.50. The van der Waals surface area contributed by atoms with Crippen molar-refractivity contribution in [3.63, 3.8) is 0 Å². The van der Waals surface area contributed by atoms with Gasteiger partial charge in [-0.25, -0.2) is 0 Å². The number of nitrogens with one attached hydrogen (secondary N) is 1. The van der Waals surface area contributed by atoms with Crippen LogP contribution < -0.4 is 5.32 Å². The van der Waals surface area contributed by atoms with Gasteiger partial charge in [0, 0.05) is 6.54 Å². The summed E-state index contributed by atoms with van der Waals surface area (Å²) in [5.41, 5.74) is 1.04. The quantitative estimate of drug-likeness (QED) is 0.794. The average Bonchev–Trinajstić information content (AvgIpc) is 2.01. The normalized spacial score (nSPS) is 11.5. The summed E-state index contributed by atoms with van der Waals surface area (Å²) in [4.78, 5) is 0. The lowest BCUT2D eigenvalue weighted by Gasteiger charge is -2.20. The third-order valence-electron chi connectivity index (χ3n) is 1.76. The van der Waals surface area contributed by atoms with Crippen molar-refractivity contribution in [1.82, 2.24) is 0 Å². The molecule has 0 saturated carbocycles. The van der Waals surface area contributed by atoms with Crippen LogP contribution in [0.25, 0.3) is 0 Å². The maximum Gasteiger partial charge on any atom is 0.0719 e. The number of hydrogen-bond acceptors (Lipinski definition) is 1. The molecule has 14 heavy (non-hydrogen) atoms. The van der Waals surface area contributed by atoms with Gasteiger partial charge in [-0.3, -0.25) is 0 Å². The van der Waals surface area contributed by atoms with E-state index in [1.54, 1.807) is 0 Å². The number of anilines is 1. The molecule has 0 bridgehead atoms. The molecule has 78 valence electrons. The highest BCUT2D eigenvalue weighted by Crippen LogP contribution is 2.30. The molecule has 0 heterocycles. The second-order valence-corrected chi connectivity index (χ2v) is 5.33. The van der Waals surface area contributed by atoms with Gasteiger partial charge < -0.3 is 5.32 Å². The fraction of sp³-hybridized carbons (Fsp3) is 0.455. The predicted octanol–water partition coefficient (Wildman–Crippen LogP) is 4.45. The van der Waals surface area contributed by atoms with Crippen LogP contribution in [0.1, 0.15) is 20.8 Å². The van der Waals surface area contributed by atoms with E-state index in [4.69, 9.17) is 23.2 Å². The van der Waals surface area contributed by atoms with Gasteiger partial charge in [-0.1, -0.05) is 50.0 Å². The molecule has 1 N–H and O–H groups in total. The molecule has 1 aromatic rings. The van der Waals surface area contributed by atoms with Crippen molar-refractivity contribution in [2.24, 2.45) is 5.41 Å². The zero-order valence-electron chi connectivity index (χ0n) is 8.70. The summed E-state index contributed by atoms with van der Waals surface area (Å²) in [6.45, 7) is 7.32. The predicted molar refractivity (Wildman–Crippen MR) is 64.4 cm³/mol. The molecule has 1 aromatic carbocycles. The van der Waals surface area contributed by atoms with Gasteiger partial charge in [0.1, 0.15) is 0 Å². The minimum atomic E-state index is 0.211. The molecular formula is C11H15Cl2N. The second-order valence-electron chi connectivity index (χ2n) is 4.51. The van der Waals surface area contributed by atoms with E-state index in [-0.39, 0.29) is 5.41 Å². The molecule has 3 heteroatoms. The zero-order valence-corrected chi connectivity index (χ0v) is 10.2. The molecule has 0 spiro atoms. The lowest BCUT2D eigenvalue weighted by molar-refractivity contribution is 0.443. The van der Waals surface area contributed by atoms with Gasteiger partial charge in [-0.2, -0.15) is 0 Å². The van der Waals surface area contributed by atoms with Crippen molar-refractivity contribution < 1.29 is 0 Å². The van der Waals surface area contributed by atoms with Crippen LogP contribution in [-0.2, 0) is 0 Å². The van der Waals surface area contributed by atoms with Crippen molar-refractivity contribution in [2.75, 3.05) is 11.9 Å². The van der Waals surface area contributed by atoms with E-state index in [2.05, 4.69) is 26.1 Å². The van der Waals surface area contributed by atoms with Gasteiger partial charge in [-0.05, 0) is 17.5 Å². The van der Waals surface area contributed by atoms with Crippen molar-refractivity contribution in [3.05, 3.63) is 28.2 Å². The third-order valence-corrected chi connectivity index (χ3v) is 2.39. The Labute approximate surface area is 95.4 Å². The Bertz CT molecular complexity index is 295. The molecule has 0 aliphatic heterocycles. The smallest absolute Gasteiger partial charge is 0.0719 e. The van der Waals surface area contributed by atoms with Crippen LogP contribution in [0.2, 0.25) is 10.0 Å². The third kappa shape index (κ3) is 3.39. The highest BCUT2D eigenvalue weighted by atomic mass is 35.5. The largest absolute Gasteiger partial charge is 0.382 e. The fourth-order valence-electron chi connectivity index (χ4n) is 1.02. The number of hydrogen-bond donors (Lipinski definition) is 1. The standard InChI is InChI=1S/C11H15Cl2N/c1-11(2,3)7-14-10-8(12)5-4-6-9(10)13/h4-6,14H,7H2,1-3H3. The number of rotatable bonds is 2. The number of para-hydroxylation sites is 1. The fourth-order valence-corrected chi connectivity index (χ4v) is 1.55. The molecular weight excluding hydrogens is 217 g/mol. The summed E-state index contributed by atoms with van der Waals surface area (Å²) in [5, 5.41) is 4.59. The average molecular weight is 232 g/mol. The first-order valence-corrected chi connectivity index (χ1v) is 5.34. The first-order chi connectivity index (χ1) is 6.40. The molecule has 0 aliphatic carbocycles. The van der Waals surface area contributed by atoms with Gasteiger partial charge in [0.25, 0.3) is 0 Å². The Balaban J connectivity index is 2.77. The Kier molecular flexibility index (Phi) is 3.68. The van der Waals surface area contributed by atoms with Gasteiger partial charge >= 0.3 is 0 Å². The maximum absolute atomic E-state index is 6.01. The van der Waals surface area contributed by atoms with Crippen LogP contribution in [0.3, 0.4) is 0 Å². The molecule has 0 radical (unpaired) electrons. The van der Waals surface area contributed by atoms with Crippen molar-refractivity contribution >= 4 is 28.9 Å². The van der Waals surface area contributed by atoms with E-state index < -0.39 is 0 Å². The summed E-state index contributed by atoms with van der Waals surface area (Å²) in [5.74, 6) is 0. The van der Waals surface area contributed by atoms with Crippen molar-refractivity contribution in [1.29, 1.82) is 0 Å². The number of halogens is 2. The Morgan fingerprint density at radius 2 is 1.64 bits per heavy atom. The second kappa shape index (κ2) is 4.41. The van der Waals surface area contributed by atoms with E-state index >= 15 is 0 Å². The van der Waals surface area contributed by atoms with Gasteiger partial charge in [0.05, 0.1) is 15.7 Å². The van der Waals surface area contributed by atoms with E-state index in [0.29, 0.717) is 10.0 Å². The lowest BCUT2D eigenvalue weighted by Crippen LogP contribution is -2.19. The molecule has 0 aliphatic rings. The Hall–Kier alpha value is -0.400. The summed E-state index contributed by atoms with van der Waals surface area (Å²) < 4.78 is 0.